The summed E-state index contributed by atoms with van der Waals surface area (Å²) in [6.07, 6.45) is 1.64. The maximum atomic E-state index is 7.42. The summed E-state index contributed by atoms with van der Waals surface area (Å²) in [4.78, 5) is 4.26. The van der Waals surface area contributed by atoms with Crippen LogP contribution in [0, 0.1) is 26.2 Å². The normalized spacial score (nSPS) is 10.5. The van der Waals surface area contributed by atoms with E-state index in [1.165, 1.54) is 0 Å². The lowest BCUT2D eigenvalue weighted by molar-refractivity contribution is 0.805. The molecular formula is C12H15N5. The van der Waals surface area contributed by atoms with E-state index in [0.717, 1.165) is 17.0 Å². The van der Waals surface area contributed by atoms with Crippen LogP contribution in [0.4, 0.5) is 0 Å². The lowest BCUT2D eigenvalue weighted by Crippen LogP contribution is -2.12. The van der Waals surface area contributed by atoms with Gasteiger partial charge < -0.3 is 5.73 Å². The molecule has 0 aliphatic heterocycles. The minimum Gasteiger partial charge on any atom is -0.384 e. The second kappa shape index (κ2) is 4.01. The molecule has 0 saturated heterocycles. The zero-order valence-corrected chi connectivity index (χ0v) is 10.2. The van der Waals surface area contributed by atoms with Gasteiger partial charge in [-0.2, -0.15) is 5.10 Å². The fourth-order valence-corrected chi connectivity index (χ4v) is 1.65. The third-order valence-corrected chi connectivity index (χ3v) is 2.93. The predicted molar refractivity (Wildman–Crippen MR) is 66.6 cm³/mol. The van der Waals surface area contributed by atoms with Crippen molar-refractivity contribution in [1.82, 2.24) is 14.8 Å². The van der Waals surface area contributed by atoms with E-state index < -0.39 is 0 Å². The van der Waals surface area contributed by atoms with Gasteiger partial charge in [0.2, 0.25) is 0 Å². The summed E-state index contributed by atoms with van der Waals surface area (Å²) in [5, 5.41) is 11.8. The Hall–Kier alpha value is -2.17. The van der Waals surface area contributed by atoms with E-state index >= 15 is 0 Å². The first-order chi connectivity index (χ1) is 8.00. The van der Waals surface area contributed by atoms with Gasteiger partial charge in [0.25, 0.3) is 0 Å². The smallest absolute Gasteiger partial charge is 0.154 e. The van der Waals surface area contributed by atoms with Crippen LogP contribution in [0.5, 0.6) is 0 Å². The average Bonchev–Trinajstić information content (AvgIpc) is 2.57. The molecule has 2 heterocycles. The number of rotatable bonds is 2. The molecule has 3 N–H and O–H groups in total. The number of aryl methyl sites for hydroxylation is 1. The molecule has 5 nitrogen and oxygen atoms in total. The number of amidine groups is 1. The van der Waals surface area contributed by atoms with E-state index in [9.17, 15) is 0 Å². The van der Waals surface area contributed by atoms with Crippen molar-refractivity contribution in [3.63, 3.8) is 0 Å². The molecule has 0 radical (unpaired) electrons. The van der Waals surface area contributed by atoms with Crippen LogP contribution in [0.2, 0.25) is 0 Å². The van der Waals surface area contributed by atoms with Crippen molar-refractivity contribution >= 4 is 5.84 Å². The summed E-state index contributed by atoms with van der Waals surface area (Å²) < 4.78 is 1.77. The molecule has 0 fully saturated rings. The molecular weight excluding hydrogens is 214 g/mol. The SMILES string of the molecule is Cc1nn(-c2cc(C(=N)N)ccn2)c(C)c1C. The quantitative estimate of drug-likeness (QED) is 0.604. The lowest BCUT2D eigenvalue weighted by Gasteiger charge is -2.05. The van der Waals surface area contributed by atoms with Crippen LogP contribution >= 0.6 is 0 Å². The van der Waals surface area contributed by atoms with Crippen molar-refractivity contribution < 1.29 is 0 Å². The van der Waals surface area contributed by atoms with Gasteiger partial charge in [0, 0.05) is 17.5 Å². The highest BCUT2D eigenvalue weighted by Gasteiger charge is 2.10. The summed E-state index contributed by atoms with van der Waals surface area (Å²) in [6, 6.07) is 3.48. The monoisotopic (exact) mass is 229 g/mol. The van der Waals surface area contributed by atoms with E-state index in [2.05, 4.69) is 10.1 Å². The van der Waals surface area contributed by atoms with Crippen LogP contribution in [0.1, 0.15) is 22.5 Å². The maximum absolute atomic E-state index is 7.42. The molecule has 0 amide bonds. The number of nitrogens with zero attached hydrogens (tertiary/aromatic N) is 3. The van der Waals surface area contributed by atoms with E-state index in [1.54, 1.807) is 23.0 Å². The van der Waals surface area contributed by atoms with E-state index in [1.807, 2.05) is 20.8 Å². The summed E-state index contributed by atoms with van der Waals surface area (Å²) in [5.74, 6) is 0.721. The van der Waals surface area contributed by atoms with Crippen molar-refractivity contribution in [3.05, 3.63) is 40.8 Å². The number of nitrogens with one attached hydrogen (secondary N) is 1. The van der Waals surface area contributed by atoms with Gasteiger partial charge in [0.05, 0.1) is 5.69 Å². The van der Waals surface area contributed by atoms with Crippen LogP contribution < -0.4 is 5.73 Å². The largest absolute Gasteiger partial charge is 0.384 e. The lowest BCUT2D eigenvalue weighted by atomic mass is 10.2. The first-order valence-corrected chi connectivity index (χ1v) is 5.34. The Morgan fingerprint density at radius 3 is 2.59 bits per heavy atom. The topological polar surface area (TPSA) is 80.6 Å². The van der Waals surface area contributed by atoms with Crippen molar-refractivity contribution in [2.75, 3.05) is 0 Å². The maximum Gasteiger partial charge on any atom is 0.154 e. The van der Waals surface area contributed by atoms with E-state index in [0.29, 0.717) is 11.4 Å². The molecule has 0 aliphatic carbocycles. The van der Waals surface area contributed by atoms with Gasteiger partial charge in [-0.05, 0) is 38.5 Å². The molecule has 17 heavy (non-hydrogen) atoms. The van der Waals surface area contributed by atoms with Crippen molar-refractivity contribution in [3.8, 4) is 5.82 Å². The molecule has 0 atom stereocenters. The number of hydrogen-bond donors (Lipinski definition) is 2. The Labute approximate surface area is 99.8 Å². The van der Waals surface area contributed by atoms with Crippen molar-refractivity contribution in [1.29, 1.82) is 5.41 Å². The fourth-order valence-electron chi connectivity index (χ4n) is 1.65. The van der Waals surface area contributed by atoms with Crippen LogP contribution in [-0.2, 0) is 0 Å². The second-order valence-electron chi connectivity index (χ2n) is 4.02. The second-order valence-corrected chi connectivity index (χ2v) is 4.02. The zero-order chi connectivity index (χ0) is 12.6. The predicted octanol–water partition coefficient (Wildman–Crippen LogP) is 1.48. The minimum atomic E-state index is 0.0342. The molecule has 2 rings (SSSR count). The highest BCUT2D eigenvalue weighted by molar-refractivity contribution is 5.95. The molecule has 5 heteroatoms. The highest BCUT2D eigenvalue weighted by Crippen LogP contribution is 2.15. The third-order valence-electron chi connectivity index (χ3n) is 2.93. The zero-order valence-electron chi connectivity index (χ0n) is 10.2. The number of pyridine rings is 1. The Kier molecular flexibility index (Phi) is 2.67. The molecule has 0 unspecified atom stereocenters. The third kappa shape index (κ3) is 1.91. The molecule has 0 saturated carbocycles. The number of aromatic nitrogens is 3. The molecule has 0 bridgehead atoms. The minimum absolute atomic E-state index is 0.0342. The molecule has 0 aliphatic rings. The van der Waals surface area contributed by atoms with Crippen molar-refractivity contribution in [2.24, 2.45) is 5.73 Å². The van der Waals surface area contributed by atoms with Crippen molar-refractivity contribution in [2.45, 2.75) is 20.8 Å². The highest BCUT2D eigenvalue weighted by atomic mass is 15.3. The molecule has 0 aromatic carbocycles. The van der Waals surface area contributed by atoms with Gasteiger partial charge in [-0.15, -0.1) is 0 Å². The van der Waals surface area contributed by atoms with E-state index in [-0.39, 0.29) is 5.84 Å². The fraction of sp³-hybridized carbons (Fsp3) is 0.250. The van der Waals surface area contributed by atoms with Gasteiger partial charge in [-0.3, -0.25) is 5.41 Å². The Morgan fingerprint density at radius 1 is 1.35 bits per heavy atom. The summed E-state index contributed by atoms with van der Waals surface area (Å²) >= 11 is 0. The standard InChI is InChI=1S/C12H15N5/c1-7-8(2)16-17(9(7)3)11-6-10(12(13)14)4-5-15-11/h4-6H,1-3H3,(H3,13,14). The van der Waals surface area contributed by atoms with Crippen LogP contribution in [-0.4, -0.2) is 20.6 Å². The Morgan fingerprint density at radius 2 is 2.06 bits per heavy atom. The van der Waals surface area contributed by atoms with Crippen LogP contribution in [0.3, 0.4) is 0 Å². The average molecular weight is 229 g/mol. The number of hydrogen-bond acceptors (Lipinski definition) is 3. The molecule has 0 spiro atoms. The van der Waals surface area contributed by atoms with Crippen LogP contribution in [0.15, 0.2) is 18.3 Å². The summed E-state index contributed by atoms with van der Waals surface area (Å²) in [5.41, 5.74) is 9.30. The van der Waals surface area contributed by atoms with Gasteiger partial charge in [-0.25, -0.2) is 9.67 Å². The van der Waals surface area contributed by atoms with Crippen LogP contribution in [0.25, 0.3) is 5.82 Å². The first kappa shape index (κ1) is 11.3. The molecule has 2 aromatic rings. The van der Waals surface area contributed by atoms with E-state index in [4.69, 9.17) is 11.1 Å². The van der Waals surface area contributed by atoms with Gasteiger partial charge >= 0.3 is 0 Å². The Balaban J connectivity index is 2.56. The number of nitrogen functional groups attached to an aromatic ring is 1. The molecule has 88 valence electrons. The summed E-state index contributed by atoms with van der Waals surface area (Å²) in [6.45, 7) is 5.99. The Bertz CT molecular complexity index is 583. The number of nitrogens with two attached hydrogens (primary N) is 1. The summed E-state index contributed by atoms with van der Waals surface area (Å²) in [7, 11) is 0. The van der Waals surface area contributed by atoms with Gasteiger partial charge in [-0.1, -0.05) is 0 Å². The first-order valence-electron chi connectivity index (χ1n) is 5.34. The molecule has 2 aromatic heterocycles. The van der Waals surface area contributed by atoms with Gasteiger partial charge in [0.1, 0.15) is 5.84 Å². The van der Waals surface area contributed by atoms with Gasteiger partial charge in [0.15, 0.2) is 5.82 Å².